The molecule has 33 heavy (non-hydrogen) atoms. The highest BCUT2D eigenvalue weighted by molar-refractivity contribution is 5.98. The number of ether oxygens (including phenoxy) is 2. The predicted molar refractivity (Wildman–Crippen MR) is 120 cm³/mol. The molecule has 0 radical (unpaired) electrons. The molecular weight excluding hydrogens is 428 g/mol. The van der Waals surface area contributed by atoms with E-state index < -0.39 is 46.5 Å². The Bertz CT molecular complexity index is 1120. The minimum atomic E-state index is -0.998. The molecule has 3 rings (SSSR count). The van der Waals surface area contributed by atoms with Crippen LogP contribution in [0.3, 0.4) is 0 Å². The van der Waals surface area contributed by atoms with Crippen molar-refractivity contribution in [2.45, 2.75) is 65.6 Å². The molecule has 2 heterocycles. The summed E-state index contributed by atoms with van der Waals surface area (Å²) in [5, 5.41) is 23.1. The van der Waals surface area contributed by atoms with Gasteiger partial charge in [0, 0.05) is 5.56 Å². The van der Waals surface area contributed by atoms with E-state index in [2.05, 4.69) is 5.32 Å². The van der Waals surface area contributed by atoms with Crippen molar-refractivity contribution in [3.63, 3.8) is 0 Å². The largest absolute Gasteiger partial charge is 0.506 e. The SMILES string of the molecule is CC(C)(C)OC(=O)CNC(=O)c1c(O)c2c(n(Cc3ccc(C(C)(C)O)cc3)c1=O)COC2. The van der Waals surface area contributed by atoms with E-state index in [0.717, 1.165) is 11.1 Å². The molecule has 3 N–H and O–H groups in total. The molecule has 2 aromatic rings. The third-order valence-electron chi connectivity index (χ3n) is 5.18. The summed E-state index contributed by atoms with van der Waals surface area (Å²) in [7, 11) is 0. The van der Waals surface area contributed by atoms with Crippen molar-refractivity contribution in [1.82, 2.24) is 9.88 Å². The first-order valence-corrected chi connectivity index (χ1v) is 10.6. The summed E-state index contributed by atoms with van der Waals surface area (Å²) in [6.07, 6.45) is 0. The highest BCUT2D eigenvalue weighted by Gasteiger charge is 2.29. The Labute approximate surface area is 192 Å². The lowest BCUT2D eigenvalue weighted by molar-refractivity contribution is -0.153. The molecule has 0 spiro atoms. The molecule has 0 aliphatic carbocycles. The molecule has 1 aromatic heterocycles. The highest BCUT2D eigenvalue weighted by atomic mass is 16.6. The molecule has 0 saturated heterocycles. The van der Waals surface area contributed by atoms with Crippen LogP contribution in [-0.2, 0) is 39.6 Å². The number of hydrogen-bond acceptors (Lipinski definition) is 7. The standard InChI is InChI=1S/C24H30N2O7/c1-23(2,3)33-18(27)10-25-21(29)19-20(28)16-12-32-13-17(16)26(22(19)30)11-14-6-8-15(9-7-14)24(4,5)31/h6-9,28,31H,10-13H2,1-5H3,(H,25,29). The van der Waals surface area contributed by atoms with E-state index in [1.807, 2.05) is 0 Å². The van der Waals surface area contributed by atoms with Crippen molar-refractivity contribution in [3.05, 3.63) is 62.6 Å². The number of rotatable bonds is 6. The summed E-state index contributed by atoms with van der Waals surface area (Å²) < 4.78 is 12.0. The second kappa shape index (κ2) is 8.99. The normalized spacial score (nSPS) is 13.5. The number of amides is 1. The number of carbonyl (C=O) groups is 2. The maximum absolute atomic E-state index is 13.2. The fraction of sp³-hybridized carbons (Fsp3) is 0.458. The minimum absolute atomic E-state index is 0.0609. The number of nitrogens with zero attached hydrogens (tertiary/aromatic N) is 1. The average Bonchev–Trinajstić information content (AvgIpc) is 3.18. The zero-order valence-electron chi connectivity index (χ0n) is 19.5. The van der Waals surface area contributed by atoms with Crippen molar-refractivity contribution in [1.29, 1.82) is 0 Å². The predicted octanol–water partition coefficient (Wildman–Crippen LogP) is 1.93. The number of nitrogens with one attached hydrogen (secondary N) is 1. The lowest BCUT2D eigenvalue weighted by Gasteiger charge is -2.20. The lowest BCUT2D eigenvalue weighted by atomic mass is 9.97. The van der Waals surface area contributed by atoms with Crippen LogP contribution in [0.15, 0.2) is 29.1 Å². The Hall–Kier alpha value is -3.17. The van der Waals surface area contributed by atoms with E-state index in [1.54, 1.807) is 58.9 Å². The molecule has 9 nitrogen and oxygen atoms in total. The molecule has 0 saturated carbocycles. The maximum atomic E-state index is 13.2. The lowest BCUT2D eigenvalue weighted by Crippen LogP contribution is -2.38. The summed E-state index contributed by atoms with van der Waals surface area (Å²) in [6.45, 7) is 8.34. The van der Waals surface area contributed by atoms with E-state index >= 15 is 0 Å². The first-order chi connectivity index (χ1) is 15.3. The van der Waals surface area contributed by atoms with E-state index in [1.165, 1.54) is 4.57 Å². The number of aromatic nitrogens is 1. The van der Waals surface area contributed by atoms with Crippen LogP contribution in [0.5, 0.6) is 5.75 Å². The van der Waals surface area contributed by atoms with Crippen molar-refractivity contribution < 1.29 is 29.3 Å². The third-order valence-corrected chi connectivity index (χ3v) is 5.18. The quantitative estimate of drug-likeness (QED) is 0.565. The van der Waals surface area contributed by atoms with E-state index in [0.29, 0.717) is 11.3 Å². The van der Waals surface area contributed by atoms with Crippen LogP contribution in [0, 0.1) is 0 Å². The Morgan fingerprint density at radius 1 is 1.12 bits per heavy atom. The molecule has 1 aliphatic rings. The number of pyridine rings is 1. The summed E-state index contributed by atoms with van der Waals surface area (Å²) >= 11 is 0. The zero-order valence-corrected chi connectivity index (χ0v) is 19.5. The van der Waals surface area contributed by atoms with Gasteiger partial charge < -0.3 is 29.6 Å². The van der Waals surface area contributed by atoms with Crippen LogP contribution >= 0.6 is 0 Å². The van der Waals surface area contributed by atoms with Crippen LogP contribution in [0.2, 0.25) is 0 Å². The summed E-state index contributed by atoms with van der Waals surface area (Å²) in [6, 6.07) is 7.12. The van der Waals surface area contributed by atoms with E-state index in [-0.39, 0.29) is 19.8 Å². The fourth-order valence-electron chi connectivity index (χ4n) is 3.57. The molecule has 1 aromatic carbocycles. The van der Waals surface area contributed by atoms with Gasteiger partial charge >= 0.3 is 5.97 Å². The Morgan fingerprint density at radius 2 is 1.76 bits per heavy atom. The number of benzene rings is 1. The monoisotopic (exact) mass is 458 g/mol. The van der Waals surface area contributed by atoms with Gasteiger partial charge in [-0.15, -0.1) is 0 Å². The topological polar surface area (TPSA) is 127 Å². The molecular formula is C24H30N2O7. The summed E-state index contributed by atoms with van der Waals surface area (Å²) in [5.74, 6) is -1.97. The molecule has 0 fully saturated rings. The van der Waals surface area contributed by atoms with Crippen LogP contribution in [-0.4, -0.2) is 38.8 Å². The van der Waals surface area contributed by atoms with Gasteiger partial charge in [-0.2, -0.15) is 0 Å². The number of hydrogen-bond donors (Lipinski definition) is 3. The van der Waals surface area contributed by atoms with Gasteiger partial charge in [0.15, 0.2) is 0 Å². The highest BCUT2D eigenvalue weighted by Crippen LogP contribution is 2.30. The Kier molecular flexibility index (Phi) is 6.67. The smallest absolute Gasteiger partial charge is 0.325 e. The number of aliphatic hydroxyl groups is 1. The fourth-order valence-corrected chi connectivity index (χ4v) is 3.57. The van der Waals surface area contributed by atoms with Gasteiger partial charge in [0.1, 0.15) is 23.5 Å². The minimum Gasteiger partial charge on any atom is -0.506 e. The van der Waals surface area contributed by atoms with Crippen LogP contribution in [0.4, 0.5) is 0 Å². The van der Waals surface area contributed by atoms with Gasteiger partial charge in [-0.25, -0.2) is 0 Å². The number of aromatic hydroxyl groups is 1. The van der Waals surface area contributed by atoms with Crippen molar-refractivity contribution in [2.24, 2.45) is 0 Å². The zero-order chi connectivity index (χ0) is 24.6. The van der Waals surface area contributed by atoms with E-state index in [9.17, 15) is 24.6 Å². The van der Waals surface area contributed by atoms with Gasteiger partial charge in [-0.3, -0.25) is 14.4 Å². The Morgan fingerprint density at radius 3 is 2.33 bits per heavy atom. The Balaban J connectivity index is 1.91. The van der Waals surface area contributed by atoms with Crippen molar-refractivity contribution in [3.8, 4) is 5.75 Å². The molecule has 9 heteroatoms. The summed E-state index contributed by atoms with van der Waals surface area (Å²) in [4.78, 5) is 37.9. The molecule has 178 valence electrons. The molecule has 0 bridgehead atoms. The van der Waals surface area contributed by atoms with Crippen LogP contribution in [0.25, 0.3) is 0 Å². The van der Waals surface area contributed by atoms with Crippen LogP contribution in [0.1, 0.15) is 67.4 Å². The number of carbonyl (C=O) groups excluding carboxylic acids is 2. The molecule has 0 atom stereocenters. The van der Waals surface area contributed by atoms with Gasteiger partial charge in [-0.05, 0) is 45.7 Å². The molecule has 1 amide bonds. The van der Waals surface area contributed by atoms with Crippen molar-refractivity contribution in [2.75, 3.05) is 6.54 Å². The second-order valence-corrected chi connectivity index (χ2v) is 9.56. The van der Waals surface area contributed by atoms with E-state index in [4.69, 9.17) is 9.47 Å². The molecule has 1 aliphatic heterocycles. The first kappa shape index (κ1) is 24.5. The van der Waals surface area contributed by atoms with Gasteiger partial charge in [0.05, 0.1) is 31.1 Å². The third kappa shape index (κ3) is 5.61. The van der Waals surface area contributed by atoms with Crippen LogP contribution < -0.4 is 10.9 Å². The van der Waals surface area contributed by atoms with Gasteiger partial charge in [0.2, 0.25) is 0 Å². The second-order valence-electron chi connectivity index (χ2n) is 9.56. The number of esters is 1. The summed E-state index contributed by atoms with van der Waals surface area (Å²) in [5.41, 5.74) is -0.506. The molecule has 0 unspecified atom stereocenters. The average molecular weight is 459 g/mol. The first-order valence-electron chi connectivity index (χ1n) is 10.6. The van der Waals surface area contributed by atoms with Gasteiger partial charge in [-0.1, -0.05) is 24.3 Å². The van der Waals surface area contributed by atoms with Gasteiger partial charge in [0.25, 0.3) is 11.5 Å². The number of fused-ring (bicyclic) bond motifs is 1. The maximum Gasteiger partial charge on any atom is 0.325 e. The van der Waals surface area contributed by atoms with Crippen molar-refractivity contribution >= 4 is 11.9 Å².